The van der Waals surface area contributed by atoms with Crippen LogP contribution in [0.25, 0.3) is 0 Å². The molecule has 0 heterocycles. The number of aldehydes is 1. The summed E-state index contributed by atoms with van der Waals surface area (Å²) in [5.74, 6) is -1.15. The molecule has 170 valence electrons. The number of ketones is 2. The van der Waals surface area contributed by atoms with Crippen LogP contribution in [0.4, 0.5) is 0 Å². The highest BCUT2D eigenvalue weighted by molar-refractivity contribution is 6.36. The molecule has 1 amide bonds. The summed E-state index contributed by atoms with van der Waals surface area (Å²) in [4.78, 5) is 45.2. The van der Waals surface area contributed by atoms with Gasteiger partial charge >= 0.3 is 0 Å². The molecule has 6 heteroatoms. The van der Waals surface area contributed by atoms with Gasteiger partial charge in [0.15, 0.2) is 0 Å². The van der Waals surface area contributed by atoms with Crippen molar-refractivity contribution < 1.29 is 19.2 Å². The van der Waals surface area contributed by atoms with E-state index in [1.807, 2.05) is 63.3 Å². The molecule has 0 saturated carbocycles. The van der Waals surface area contributed by atoms with E-state index in [0.29, 0.717) is 6.42 Å². The maximum atomic E-state index is 11.0. The van der Waals surface area contributed by atoms with Crippen LogP contribution in [0, 0.1) is 0 Å². The summed E-state index contributed by atoms with van der Waals surface area (Å²) in [6, 6.07) is 9.99. The average molecular weight is 421 g/mol. The van der Waals surface area contributed by atoms with Crippen LogP contribution in [-0.2, 0) is 19.2 Å². The average Bonchev–Trinajstić information content (AvgIpc) is 2.71. The number of nitrogens with zero attached hydrogens (tertiary/aromatic N) is 1. The van der Waals surface area contributed by atoms with Crippen molar-refractivity contribution in [2.24, 2.45) is 0 Å². The molecule has 0 radical (unpaired) electrons. The van der Waals surface area contributed by atoms with Crippen molar-refractivity contribution in [3.05, 3.63) is 35.9 Å². The van der Waals surface area contributed by atoms with Gasteiger partial charge in [0.25, 0.3) is 5.91 Å². The van der Waals surface area contributed by atoms with Crippen LogP contribution in [-0.4, -0.2) is 56.3 Å². The minimum absolute atomic E-state index is 0.0588. The predicted molar refractivity (Wildman–Crippen MR) is 123 cm³/mol. The highest BCUT2D eigenvalue weighted by atomic mass is 16.2. The van der Waals surface area contributed by atoms with E-state index in [1.54, 1.807) is 0 Å². The molecule has 1 rings (SSSR count). The Bertz CT molecular complexity index is 598. The van der Waals surface area contributed by atoms with Gasteiger partial charge in [-0.3, -0.25) is 14.4 Å². The molecule has 6 nitrogen and oxygen atoms in total. The monoisotopic (exact) mass is 420 g/mol. The number of amides is 1. The third-order valence-corrected chi connectivity index (χ3v) is 3.77. The molecule has 0 aliphatic carbocycles. The molecular formula is C24H40N2O4. The second kappa shape index (κ2) is 20.0. The summed E-state index contributed by atoms with van der Waals surface area (Å²) in [6.45, 7) is 5.39. The van der Waals surface area contributed by atoms with E-state index in [1.165, 1.54) is 6.92 Å². The lowest BCUT2D eigenvalue weighted by molar-refractivity contribution is -0.138. The molecule has 0 bridgehead atoms. The maximum absolute atomic E-state index is 11.0. The fourth-order valence-electron chi connectivity index (χ4n) is 2.19. The lowest BCUT2D eigenvalue weighted by Gasteiger charge is -2.08. The molecule has 1 aromatic rings. The Hall–Kier alpha value is -2.34. The van der Waals surface area contributed by atoms with E-state index < -0.39 is 11.7 Å². The van der Waals surface area contributed by atoms with Gasteiger partial charge < -0.3 is 15.0 Å². The number of Topliss-reactive ketones (excluding diaryl/α,β-unsaturated/α-hetero) is 2. The number of rotatable bonds is 11. The summed E-state index contributed by atoms with van der Waals surface area (Å²) < 4.78 is 0. The zero-order valence-corrected chi connectivity index (χ0v) is 19.6. The number of hydrogen-bond acceptors (Lipinski definition) is 5. The third-order valence-electron chi connectivity index (χ3n) is 3.77. The van der Waals surface area contributed by atoms with Crippen LogP contribution >= 0.6 is 0 Å². The topological polar surface area (TPSA) is 83.5 Å². The second-order valence-corrected chi connectivity index (χ2v) is 7.55. The van der Waals surface area contributed by atoms with Gasteiger partial charge in [-0.05, 0) is 46.5 Å². The van der Waals surface area contributed by atoms with Gasteiger partial charge in [0.05, 0.1) is 6.54 Å². The predicted octanol–water partition coefficient (Wildman–Crippen LogP) is 3.79. The van der Waals surface area contributed by atoms with Gasteiger partial charge in [-0.15, -0.1) is 0 Å². The van der Waals surface area contributed by atoms with Gasteiger partial charge in [0.1, 0.15) is 12.1 Å². The Morgan fingerprint density at radius 3 is 1.97 bits per heavy atom. The molecular weight excluding hydrogens is 380 g/mol. The zero-order chi connectivity index (χ0) is 23.4. The minimum atomic E-state index is -0.649. The molecule has 1 N–H and O–H groups in total. The first-order chi connectivity index (χ1) is 14.2. The summed E-state index contributed by atoms with van der Waals surface area (Å²) in [5, 5.41) is 2.25. The van der Waals surface area contributed by atoms with Crippen LogP contribution in [0.3, 0.4) is 0 Å². The first kappa shape index (κ1) is 29.9. The molecule has 0 aliphatic heterocycles. The zero-order valence-electron chi connectivity index (χ0n) is 19.6. The van der Waals surface area contributed by atoms with E-state index in [0.717, 1.165) is 37.5 Å². The van der Waals surface area contributed by atoms with E-state index in [9.17, 15) is 19.2 Å². The molecule has 30 heavy (non-hydrogen) atoms. The number of carbonyl (C=O) groups is 4. The van der Waals surface area contributed by atoms with Crippen LogP contribution < -0.4 is 5.32 Å². The van der Waals surface area contributed by atoms with Crippen molar-refractivity contribution >= 4 is 23.8 Å². The Kier molecular flexibility index (Phi) is 19.9. The Morgan fingerprint density at radius 1 is 1.00 bits per heavy atom. The number of unbranched alkanes of at least 4 members (excludes halogenated alkanes) is 2. The number of carbonyl (C=O) groups excluding carboxylic acids is 4. The highest BCUT2D eigenvalue weighted by Gasteiger charge is 2.12. The highest BCUT2D eigenvalue weighted by Crippen LogP contribution is 2.19. The van der Waals surface area contributed by atoms with E-state index >= 15 is 0 Å². The first-order valence-corrected chi connectivity index (χ1v) is 10.6. The normalized spacial score (nSPS) is 10.6. The summed E-state index contributed by atoms with van der Waals surface area (Å²) >= 11 is 0. The van der Waals surface area contributed by atoms with Crippen molar-refractivity contribution in [3.63, 3.8) is 0 Å². The van der Waals surface area contributed by atoms with Crippen molar-refractivity contribution in [1.82, 2.24) is 10.2 Å². The molecule has 1 aromatic carbocycles. The summed E-state index contributed by atoms with van der Waals surface area (Å²) in [7, 11) is 6.00. The molecule has 1 unspecified atom stereocenters. The number of benzene rings is 1. The van der Waals surface area contributed by atoms with E-state index in [2.05, 4.69) is 12.2 Å². The van der Waals surface area contributed by atoms with Crippen LogP contribution in [0.1, 0.15) is 70.8 Å². The number of hydrogen-bond donors (Lipinski definition) is 1. The Labute approximate surface area is 182 Å². The smallest absolute Gasteiger partial charge is 0.287 e. The quantitative estimate of drug-likeness (QED) is 0.435. The van der Waals surface area contributed by atoms with Gasteiger partial charge in [0.2, 0.25) is 5.78 Å². The van der Waals surface area contributed by atoms with E-state index in [-0.39, 0.29) is 24.7 Å². The molecule has 0 fully saturated rings. The molecule has 1 atom stereocenters. The van der Waals surface area contributed by atoms with Crippen LogP contribution in [0.5, 0.6) is 0 Å². The molecule has 0 aromatic heterocycles. The molecule has 0 spiro atoms. The van der Waals surface area contributed by atoms with Crippen molar-refractivity contribution in [2.45, 2.75) is 65.2 Å². The van der Waals surface area contributed by atoms with Crippen molar-refractivity contribution in [2.75, 3.05) is 27.7 Å². The van der Waals surface area contributed by atoms with Gasteiger partial charge in [-0.2, -0.15) is 0 Å². The lowest BCUT2D eigenvalue weighted by atomic mass is 9.95. The fourth-order valence-corrected chi connectivity index (χ4v) is 2.19. The minimum Gasteiger partial charge on any atom is -0.342 e. The van der Waals surface area contributed by atoms with Gasteiger partial charge in [-0.1, -0.05) is 63.4 Å². The summed E-state index contributed by atoms with van der Waals surface area (Å²) in [6.07, 6.45) is 6.17. The van der Waals surface area contributed by atoms with Crippen molar-refractivity contribution in [3.8, 4) is 0 Å². The lowest BCUT2D eigenvalue weighted by Crippen LogP contribution is -2.34. The van der Waals surface area contributed by atoms with Crippen LogP contribution in [0.2, 0.25) is 0 Å². The third kappa shape index (κ3) is 19.0. The van der Waals surface area contributed by atoms with Gasteiger partial charge in [0, 0.05) is 12.3 Å². The fraction of sp³-hybridized carbons (Fsp3) is 0.583. The second-order valence-electron chi connectivity index (χ2n) is 7.55. The van der Waals surface area contributed by atoms with Gasteiger partial charge in [-0.25, -0.2) is 0 Å². The number of nitrogens with one attached hydrogen (secondary N) is 1. The van der Waals surface area contributed by atoms with Crippen LogP contribution in [0.15, 0.2) is 30.3 Å². The Balaban J connectivity index is 0. The Morgan fingerprint density at radius 2 is 1.53 bits per heavy atom. The summed E-state index contributed by atoms with van der Waals surface area (Å²) in [5.41, 5.74) is 1.14. The molecule has 0 saturated heterocycles. The largest absolute Gasteiger partial charge is 0.342 e. The standard InChI is InChI=1S/C12H16O.C9H15NO3.C3H9N/c1-2-3-7-12(10-13)11-8-5-4-6-9-11;1-3-4-5-8(12)9(13)10-6-7(2)11;1-4(2)3/h4-6,8-10,12H,2-3,7H2,1H3;3-6H2,1-2H3,(H,10,13);1-3H3. The molecule has 0 aliphatic rings. The first-order valence-electron chi connectivity index (χ1n) is 10.6. The SMILES string of the molecule is CCCCC(=O)C(=O)NCC(C)=O.CCCCC(C=O)c1ccccc1.CN(C)C. The maximum Gasteiger partial charge on any atom is 0.287 e. The van der Waals surface area contributed by atoms with E-state index in [4.69, 9.17) is 0 Å². The van der Waals surface area contributed by atoms with Crippen molar-refractivity contribution in [1.29, 1.82) is 0 Å².